The molecule has 4 rings (SSSR count). The molecule has 0 unspecified atom stereocenters. The Bertz CT molecular complexity index is 989. The summed E-state index contributed by atoms with van der Waals surface area (Å²) in [5, 5.41) is 8.98. The summed E-state index contributed by atoms with van der Waals surface area (Å²) in [6.45, 7) is 4.97. The minimum atomic E-state index is 0.319. The number of aromatic nitrogens is 3. The van der Waals surface area contributed by atoms with E-state index in [0.29, 0.717) is 25.5 Å². The number of pyridine rings is 1. The van der Waals surface area contributed by atoms with Crippen molar-refractivity contribution in [1.82, 2.24) is 15.0 Å². The molecule has 1 fully saturated rings. The maximum atomic E-state index is 8.98. The van der Waals surface area contributed by atoms with Gasteiger partial charge < -0.3 is 9.64 Å². The average Bonchev–Trinajstić information content (AvgIpc) is 2.68. The minimum Gasteiger partial charge on any atom is -0.378 e. The van der Waals surface area contributed by atoms with Crippen LogP contribution in [0.2, 0.25) is 0 Å². The number of aryl methyl sites for hydroxylation is 1. The molecule has 0 aliphatic carbocycles. The Morgan fingerprint density at radius 3 is 2.81 bits per heavy atom. The highest BCUT2D eigenvalue weighted by Gasteiger charge is 2.19. The first-order valence-corrected chi connectivity index (χ1v) is 8.68. The Hall–Kier alpha value is -3.04. The van der Waals surface area contributed by atoms with Gasteiger partial charge in [0.05, 0.1) is 31.2 Å². The number of rotatable bonds is 3. The minimum absolute atomic E-state index is 0.319. The van der Waals surface area contributed by atoms with Gasteiger partial charge in [0.25, 0.3) is 0 Å². The largest absolute Gasteiger partial charge is 0.378 e. The van der Waals surface area contributed by atoms with Gasteiger partial charge in [-0.1, -0.05) is 23.8 Å². The van der Waals surface area contributed by atoms with Gasteiger partial charge in [0.15, 0.2) is 11.6 Å². The van der Waals surface area contributed by atoms with Crippen molar-refractivity contribution in [2.45, 2.75) is 13.3 Å². The van der Waals surface area contributed by atoms with Crippen molar-refractivity contribution < 1.29 is 4.74 Å². The molecule has 6 nitrogen and oxygen atoms in total. The van der Waals surface area contributed by atoms with Crippen LogP contribution < -0.4 is 4.90 Å². The molecule has 6 heteroatoms. The maximum Gasteiger partial charge on any atom is 0.162 e. The molecule has 3 aromatic rings. The van der Waals surface area contributed by atoms with Crippen LogP contribution in [-0.2, 0) is 11.2 Å². The average molecular weight is 345 g/mol. The number of fused-ring (bicyclic) bond motifs is 1. The van der Waals surface area contributed by atoms with Gasteiger partial charge >= 0.3 is 0 Å². The zero-order valence-corrected chi connectivity index (χ0v) is 14.6. The Balaban J connectivity index is 1.90. The van der Waals surface area contributed by atoms with Crippen LogP contribution in [0.25, 0.3) is 22.4 Å². The topological polar surface area (TPSA) is 74.9 Å². The van der Waals surface area contributed by atoms with Crippen LogP contribution in [0.15, 0.2) is 36.5 Å². The maximum absolute atomic E-state index is 8.98. The monoisotopic (exact) mass is 345 g/mol. The first-order chi connectivity index (χ1) is 12.7. The Labute approximate surface area is 152 Å². The van der Waals surface area contributed by atoms with Crippen LogP contribution in [0.4, 0.5) is 5.82 Å². The van der Waals surface area contributed by atoms with Crippen molar-refractivity contribution >= 4 is 16.9 Å². The lowest BCUT2D eigenvalue weighted by molar-refractivity contribution is 0.122. The number of nitrogens with zero attached hydrogens (tertiary/aromatic N) is 5. The molecule has 26 heavy (non-hydrogen) atoms. The van der Waals surface area contributed by atoms with Gasteiger partial charge in [-0.2, -0.15) is 5.26 Å². The quantitative estimate of drug-likeness (QED) is 0.726. The summed E-state index contributed by atoms with van der Waals surface area (Å²) in [4.78, 5) is 16.4. The van der Waals surface area contributed by atoms with E-state index in [2.05, 4.69) is 35.0 Å². The van der Waals surface area contributed by atoms with Crippen molar-refractivity contribution in [3.8, 4) is 17.5 Å². The third kappa shape index (κ3) is 3.22. The third-order valence-corrected chi connectivity index (χ3v) is 4.44. The Morgan fingerprint density at radius 1 is 1.19 bits per heavy atom. The second-order valence-corrected chi connectivity index (χ2v) is 6.39. The third-order valence-electron chi connectivity index (χ3n) is 4.44. The van der Waals surface area contributed by atoms with Crippen LogP contribution in [0, 0.1) is 18.3 Å². The highest BCUT2D eigenvalue weighted by Crippen LogP contribution is 2.27. The number of nitriles is 1. The molecule has 0 spiro atoms. The Kier molecular flexibility index (Phi) is 4.46. The summed E-state index contributed by atoms with van der Waals surface area (Å²) in [6.07, 6.45) is 2.06. The predicted octanol–water partition coefficient (Wildman–Crippen LogP) is 2.90. The molecule has 1 saturated heterocycles. The summed E-state index contributed by atoms with van der Waals surface area (Å²) in [7, 11) is 0. The fourth-order valence-electron chi connectivity index (χ4n) is 3.14. The van der Waals surface area contributed by atoms with E-state index in [1.165, 1.54) is 0 Å². The van der Waals surface area contributed by atoms with Crippen LogP contribution in [0.5, 0.6) is 0 Å². The van der Waals surface area contributed by atoms with Gasteiger partial charge in [-0.3, -0.25) is 4.98 Å². The van der Waals surface area contributed by atoms with Gasteiger partial charge in [0, 0.05) is 24.8 Å². The number of anilines is 1. The van der Waals surface area contributed by atoms with Crippen molar-refractivity contribution in [3.63, 3.8) is 0 Å². The van der Waals surface area contributed by atoms with Crippen LogP contribution in [0.3, 0.4) is 0 Å². The van der Waals surface area contributed by atoms with E-state index in [0.717, 1.165) is 46.6 Å². The molecule has 0 saturated carbocycles. The summed E-state index contributed by atoms with van der Waals surface area (Å²) in [5.74, 6) is 1.51. The van der Waals surface area contributed by atoms with E-state index in [1.807, 2.05) is 18.2 Å². The summed E-state index contributed by atoms with van der Waals surface area (Å²) in [6, 6.07) is 12.3. The van der Waals surface area contributed by atoms with E-state index >= 15 is 0 Å². The summed E-state index contributed by atoms with van der Waals surface area (Å²) < 4.78 is 5.47. The fraction of sp³-hybridized carbons (Fsp3) is 0.300. The molecule has 1 aliphatic rings. The van der Waals surface area contributed by atoms with E-state index in [1.54, 1.807) is 6.20 Å². The molecule has 0 atom stereocenters. The first-order valence-electron chi connectivity index (χ1n) is 8.68. The molecule has 1 aromatic carbocycles. The van der Waals surface area contributed by atoms with Crippen LogP contribution in [0.1, 0.15) is 11.1 Å². The van der Waals surface area contributed by atoms with E-state index in [9.17, 15) is 0 Å². The summed E-state index contributed by atoms with van der Waals surface area (Å²) in [5.41, 5.74) is 4.54. The van der Waals surface area contributed by atoms with Crippen molar-refractivity contribution in [2.75, 3.05) is 31.2 Å². The summed E-state index contributed by atoms with van der Waals surface area (Å²) >= 11 is 0. The number of morpholine rings is 1. The zero-order valence-electron chi connectivity index (χ0n) is 14.6. The second-order valence-electron chi connectivity index (χ2n) is 6.39. The molecule has 1 aliphatic heterocycles. The number of benzene rings is 1. The normalized spacial score (nSPS) is 14.4. The fourth-order valence-corrected chi connectivity index (χ4v) is 3.14. The lowest BCUT2D eigenvalue weighted by Gasteiger charge is -2.28. The van der Waals surface area contributed by atoms with Gasteiger partial charge in [0.2, 0.25) is 0 Å². The zero-order chi connectivity index (χ0) is 17.9. The van der Waals surface area contributed by atoms with E-state index < -0.39 is 0 Å². The highest BCUT2D eigenvalue weighted by molar-refractivity contribution is 5.88. The molecule has 130 valence electrons. The van der Waals surface area contributed by atoms with Gasteiger partial charge in [-0.25, -0.2) is 9.97 Å². The molecule has 2 aromatic heterocycles. The SMILES string of the molecule is Cc1cccc(-c2nc(N3CCOCC3)c3ncc(CC#N)cc3n2)c1. The van der Waals surface area contributed by atoms with Gasteiger partial charge in [0.1, 0.15) is 5.52 Å². The van der Waals surface area contributed by atoms with Crippen molar-refractivity contribution in [1.29, 1.82) is 5.26 Å². The Morgan fingerprint density at radius 2 is 2.04 bits per heavy atom. The smallest absolute Gasteiger partial charge is 0.162 e. The molecule has 0 radical (unpaired) electrons. The van der Waals surface area contributed by atoms with Crippen molar-refractivity contribution in [2.24, 2.45) is 0 Å². The van der Waals surface area contributed by atoms with Gasteiger partial charge in [-0.15, -0.1) is 0 Å². The molecule has 3 heterocycles. The van der Waals surface area contributed by atoms with Crippen LogP contribution >= 0.6 is 0 Å². The second kappa shape index (κ2) is 7.06. The number of hydrogen-bond acceptors (Lipinski definition) is 6. The predicted molar refractivity (Wildman–Crippen MR) is 99.9 cm³/mol. The van der Waals surface area contributed by atoms with E-state index in [-0.39, 0.29) is 0 Å². The van der Waals surface area contributed by atoms with Crippen LogP contribution in [-0.4, -0.2) is 41.3 Å². The van der Waals surface area contributed by atoms with Crippen molar-refractivity contribution in [3.05, 3.63) is 47.7 Å². The first kappa shape index (κ1) is 16.4. The standard InChI is InChI=1S/C20H19N5O/c1-14-3-2-4-16(11-14)19-23-17-12-15(5-6-21)13-22-18(17)20(24-19)25-7-9-26-10-8-25/h2-4,11-13H,5,7-10H2,1H3. The van der Waals surface area contributed by atoms with Gasteiger partial charge in [-0.05, 0) is 24.6 Å². The number of ether oxygens (including phenoxy) is 1. The molecule has 0 amide bonds. The lowest BCUT2D eigenvalue weighted by atomic mass is 10.1. The molecule has 0 bridgehead atoms. The lowest BCUT2D eigenvalue weighted by Crippen LogP contribution is -2.37. The number of hydrogen-bond donors (Lipinski definition) is 0. The molecular formula is C20H19N5O. The van der Waals surface area contributed by atoms with E-state index in [4.69, 9.17) is 20.0 Å². The molecule has 0 N–H and O–H groups in total. The highest BCUT2D eigenvalue weighted by atomic mass is 16.5. The molecular weight excluding hydrogens is 326 g/mol.